The minimum atomic E-state index is -0.0593. The number of aromatic amines is 1. The van der Waals surface area contributed by atoms with Crippen LogP contribution in [0.15, 0.2) is 35.5 Å². The molecule has 2 amide bonds. The number of nitrogens with one attached hydrogen (secondary N) is 3. The third kappa shape index (κ3) is 4.41. The van der Waals surface area contributed by atoms with Crippen molar-refractivity contribution in [2.24, 2.45) is 22.6 Å². The number of likely N-dealkylation sites (tertiary alicyclic amines) is 1. The lowest BCUT2D eigenvalue weighted by Gasteiger charge is -2.18. The van der Waals surface area contributed by atoms with Gasteiger partial charge in [-0.05, 0) is 30.7 Å². The van der Waals surface area contributed by atoms with Crippen LogP contribution in [0, 0.1) is 11.8 Å². The van der Waals surface area contributed by atoms with Crippen LogP contribution in [-0.4, -0.2) is 59.3 Å². The van der Waals surface area contributed by atoms with Crippen LogP contribution in [0.3, 0.4) is 0 Å². The highest BCUT2D eigenvalue weighted by molar-refractivity contribution is 5.87. The number of H-pyrrole nitrogens is 1. The standard InChI is InChI=1S/C12H20N4O.C7H8N4/c1-14-6-11(5-13)15-12(17)16-7-9-3-2-4-10(9)8-16;1-8-6-5-2-3-9-7(5)11-4-10-6/h5-6,9-10H,2-4,7-8,13H2,1H3,(H,15,17);2-4H,1H3,(H2,8,9,10,11)/b11-5+,14-6?;. The molecule has 0 bridgehead atoms. The minimum Gasteiger partial charge on any atom is -0.403 e. The molecule has 2 fully saturated rings. The summed E-state index contributed by atoms with van der Waals surface area (Å²) in [6.45, 7) is 1.77. The maximum absolute atomic E-state index is 12.0. The number of nitrogens with zero attached hydrogens (tertiary/aromatic N) is 4. The second-order valence-electron chi connectivity index (χ2n) is 7.01. The van der Waals surface area contributed by atoms with E-state index in [0.717, 1.165) is 29.9 Å². The molecule has 1 aliphatic heterocycles. The Hall–Kier alpha value is -3.10. The molecule has 3 heterocycles. The monoisotopic (exact) mass is 384 g/mol. The minimum absolute atomic E-state index is 0.0593. The molecule has 2 aromatic rings. The Bertz CT molecular complexity index is 846. The third-order valence-electron chi connectivity index (χ3n) is 5.30. The highest BCUT2D eigenvalue weighted by atomic mass is 16.2. The second-order valence-corrected chi connectivity index (χ2v) is 7.01. The molecule has 150 valence electrons. The largest absolute Gasteiger partial charge is 0.403 e. The molecular formula is C19H28N8O. The van der Waals surface area contributed by atoms with E-state index in [1.807, 2.05) is 24.2 Å². The van der Waals surface area contributed by atoms with E-state index in [1.54, 1.807) is 13.3 Å². The number of aromatic nitrogens is 3. The molecule has 1 saturated heterocycles. The molecule has 0 radical (unpaired) electrons. The van der Waals surface area contributed by atoms with Crippen molar-refractivity contribution in [3.05, 3.63) is 30.5 Å². The Labute approximate surface area is 164 Å². The number of amides is 2. The molecule has 0 aromatic carbocycles. The van der Waals surface area contributed by atoms with E-state index >= 15 is 0 Å². The Kier molecular flexibility index (Phi) is 6.46. The van der Waals surface area contributed by atoms with Gasteiger partial charge in [-0.1, -0.05) is 6.42 Å². The summed E-state index contributed by atoms with van der Waals surface area (Å²) in [5, 5.41) is 6.78. The summed E-state index contributed by atoms with van der Waals surface area (Å²) in [4.78, 5) is 28.8. The van der Waals surface area contributed by atoms with Crippen molar-refractivity contribution in [1.82, 2.24) is 25.2 Å². The predicted molar refractivity (Wildman–Crippen MR) is 111 cm³/mol. The SMILES string of the molecule is CN=C/C(=C\N)NC(=O)N1CC2CCCC2C1.CNc1ncnc2[nH]ccc12. The van der Waals surface area contributed by atoms with Crippen molar-refractivity contribution in [2.75, 3.05) is 32.5 Å². The fourth-order valence-corrected chi connectivity index (χ4v) is 3.93. The number of nitrogens with two attached hydrogens (primary N) is 1. The summed E-state index contributed by atoms with van der Waals surface area (Å²) in [6.07, 6.45) is 10.2. The summed E-state index contributed by atoms with van der Waals surface area (Å²) in [5.74, 6) is 2.29. The molecule has 9 heteroatoms. The van der Waals surface area contributed by atoms with Gasteiger partial charge in [-0.2, -0.15) is 0 Å². The van der Waals surface area contributed by atoms with Crippen LogP contribution >= 0.6 is 0 Å². The molecule has 2 aromatic heterocycles. The van der Waals surface area contributed by atoms with Gasteiger partial charge in [0.05, 0.1) is 11.1 Å². The number of fused-ring (bicyclic) bond motifs is 2. The number of carbonyl (C=O) groups excluding carboxylic acids is 1. The first-order chi connectivity index (χ1) is 13.7. The summed E-state index contributed by atoms with van der Waals surface area (Å²) in [5.41, 5.74) is 6.83. The van der Waals surface area contributed by atoms with Crippen molar-refractivity contribution < 1.29 is 4.79 Å². The number of allylic oxidation sites excluding steroid dienone is 1. The van der Waals surface area contributed by atoms with Crippen LogP contribution in [0.1, 0.15) is 19.3 Å². The van der Waals surface area contributed by atoms with E-state index in [1.165, 1.54) is 31.8 Å². The lowest BCUT2D eigenvalue weighted by molar-refractivity contribution is 0.208. The number of urea groups is 1. The summed E-state index contributed by atoms with van der Waals surface area (Å²) >= 11 is 0. The Morgan fingerprint density at radius 2 is 2.11 bits per heavy atom. The van der Waals surface area contributed by atoms with Crippen LogP contribution in [0.5, 0.6) is 0 Å². The quantitative estimate of drug-likeness (QED) is 0.602. The first kappa shape index (κ1) is 19.7. The van der Waals surface area contributed by atoms with Gasteiger partial charge in [-0.3, -0.25) is 4.99 Å². The number of hydrogen-bond acceptors (Lipinski definition) is 6. The van der Waals surface area contributed by atoms with E-state index < -0.39 is 0 Å². The van der Waals surface area contributed by atoms with Gasteiger partial charge in [-0.25, -0.2) is 14.8 Å². The van der Waals surface area contributed by atoms with E-state index in [9.17, 15) is 4.79 Å². The van der Waals surface area contributed by atoms with Gasteiger partial charge >= 0.3 is 6.03 Å². The van der Waals surface area contributed by atoms with Gasteiger partial charge in [0.15, 0.2) is 0 Å². The smallest absolute Gasteiger partial charge is 0.321 e. The Morgan fingerprint density at radius 1 is 1.36 bits per heavy atom. The van der Waals surface area contributed by atoms with Gasteiger partial charge in [-0.15, -0.1) is 0 Å². The molecule has 2 atom stereocenters. The maximum atomic E-state index is 12.0. The van der Waals surface area contributed by atoms with Crippen LogP contribution in [0.2, 0.25) is 0 Å². The zero-order chi connectivity index (χ0) is 19.9. The summed E-state index contributed by atoms with van der Waals surface area (Å²) in [6, 6.07) is 1.89. The summed E-state index contributed by atoms with van der Waals surface area (Å²) < 4.78 is 0. The maximum Gasteiger partial charge on any atom is 0.321 e. The molecule has 9 nitrogen and oxygen atoms in total. The van der Waals surface area contributed by atoms with Gasteiger partial charge in [0, 0.05) is 45.8 Å². The molecule has 4 rings (SSSR count). The van der Waals surface area contributed by atoms with E-state index in [-0.39, 0.29) is 6.03 Å². The summed E-state index contributed by atoms with van der Waals surface area (Å²) in [7, 11) is 3.49. The lowest BCUT2D eigenvalue weighted by atomic mass is 10.0. The fraction of sp³-hybridized carbons (Fsp3) is 0.474. The topological polar surface area (TPSA) is 124 Å². The average Bonchev–Trinajstić information content (AvgIpc) is 3.43. The highest BCUT2D eigenvalue weighted by Crippen LogP contribution is 2.37. The van der Waals surface area contributed by atoms with E-state index in [4.69, 9.17) is 5.73 Å². The number of aliphatic imine (C=N–C) groups is 1. The fourth-order valence-electron chi connectivity index (χ4n) is 3.93. The lowest BCUT2D eigenvalue weighted by Crippen LogP contribution is -2.39. The normalized spacial score (nSPS) is 21.5. The van der Waals surface area contributed by atoms with Crippen molar-refractivity contribution in [2.45, 2.75) is 19.3 Å². The van der Waals surface area contributed by atoms with Crippen molar-refractivity contribution in [1.29, 1.82) is 0 Å². The Morgan fingerprint density at radius 3 is 2.75 bits per heavy atom. The highest BCUT2D eigenvalue weighted by Gasteiger charge is 2.37. The van der Waals surface area contributed by atoms with E-state index in [2.05, 4.69) is 30.6 Å². The first-order valence-corrected chi connectivity index (χ1v) is 9.52. The molecule has 28 heavy (non-hydrogen) atoms. The van der Waals surface area contributed by atoms with Gasteiger partial charge in [0.2, 0.25) is 0 Å². The molecule has 5 N–H and O–H groups in total. The van der Waals surface area contributed by atoms with Crippen LogP contribution < -0.4 is 16.4 Å². The Balaban J connectivity index is 0.000000176. The van der Waals surface area contributed by atoms with Gasteiger partial charge < -0.3 is 26.3 Å². The number of anilines is 1. The van der Waals surface area contributed by atoms with Crippen molar-refractivity contribution in [3.8, 4) is 0 Å². The van der Waals surface area contributed by atoms with Crippen LogP contribution in [-0.2, 0) is 0 Å². The predicted octanol–water partition coefficient (Wildman–Crippen LogP) is 1.93. The first-order valence-electron chi connectivity index (χ1n) is 9.52. The van der Waals surface area contributed by atoms with Gasteiger partial charge in [0.25, 0.3) is 0 Å². The zero-order valence-corrected chi connectivity index (χ0v) is 16.4. The second kappa shape index (κ2) is 9.20. The van der Waals surface area contributed by atoms with Crippen LogP contribution in [0.25, 0.3) is 11.0 Å². The molecule has 1 saturated carbocycles. The molecule has 1 aliphatic carbocycles. The van der Waals surface area contributed by atoms with Crippen LogP contribution in [0.4, 0.5) is 10.6 Å². The van der Waals surface area contributed by atoms with E-state index in [0.29, 0.717) is 17.5 Å². The average molecular weight is 384 g/mol. The zero-order valence-electron chi connectivity index (χ0n) is 16.4. The number of hydrogen-bond donors (Lipinski definition) is 4. The molecule has 0 spiro atoms. The molecular weight excluding hydrogens is 356 g/mol. The van der Waals surface area contributed by atoms with Crippen molar-refractivity contribution >= 4 is 29.1 Å². The number of carbonyl (C=O) groups is 1. The molecule has 2 aliphatic rings. The van der Waals surface area contributed by atoms with Crippen molar-refractivity contribution in [3.63, 3.8) is 0 Å². The number of rotatable bonds is 3. The molecule has 2 unspecified atom stereocenters. The van der Waals surface area contributed by atoms with Gasteiger partial charge in [0.1, 0.15) is 17.8 Å². The third-order valence-corrected chi connectivity index (χ3v) is 5.30.